The molecular formula is C12H17FS. The van der Waals surface area contributed by atoms with Gasteiger partial charge in [0.25, 0.3) is 0 Å². The fourth-order valence-corrected chi connectivity index (χ4v) is 1.67. The molecule has 0 N–H and O–H groups in total. The zero-order valence-electron chi connectivity index (χ0n) is 8.38. The highest BCUT2D eigenvalue weighted by atomic mass is 32.1. The minimum absolute atomic E-state index is 0.149. The van der Waals surface area contributed by atoms with E-state index >= 15 is 0 Å². The standard InChI is InChI=1S/C12H17FS/c13-12-8-6-11(7-9-12)5-3-1-2-4-10-14/h6-9,14H,1-5,10H2. The van der Waals surface area contributed by atoms with E-state index in [1.54, 1.807) is 0 Å². The highest BCUT2D eigenvalue weighted by Gasteiger charge is 1.94. The molecule has 1 aromatic carbocycles. The van der Waals surface area contributed by atoms with Crippen LogP contribution in [0.2, 0.25) is 0 Å². The number of rotatable bonds is 6. The minimum Gasteiger partial charge on any atom is -0.207 e. The van der Waals surface area contributed by atoms with Crippen molar-refractivity contribution in [3.05, 3.63) is 35.6 Å². The molecule has 1 rings (SSSR count). The highest BCUT2D eigenvalue weighted by molar-refractivity contribution is 7.80. The maximum atomic E-state index is 12.6. The quantitative estimate of drug-likeness (QED) is 0.537. The SMILES string of the molecule is Fc1ccc(CCCCCCS)cc1. The lowest BCUT2D eigenvalue weighted by molar-refractivity contribution is 0.625. The second kappa shape index (κ2) is 6.88. The fraction of sp³-hybridized carbons (Fsp3) is 0.500. The highest BCUT2D eigenvalue weighted by Crippen LogP contribution is 2.09. The zero-order chi connectivity index (χ0) is 10.2. The monoisotopic (exact) mass is 212 g/mol. The average molecular weight is 212 g/mol. The van der Waals surface area contributed by atoms with Crippen LogP contribution in [-0.4, -0.2) is 5.75 Å². The van der Waals surface area contributed by atoms with Gasteiger partial charge >= 0.3 is 0 Å². The molecule has 0 atom stereocenters. The van der Waals surface area contributed by atoms with E-state index in [-0.39, 0.29) is 5.82 Å². The smallest absolute Gasteiger partial charge is 0.123 e. The van der Waals surface area contributed by atoms with Crippen molar-refractivity contribution < 1.29 is 4.39 Å². The summed E-state index contributed by atoms with van der Waals surface area (Å²) in [6, 6.07) is 6.80. The molecule has 78 valence electrons. The molecule has 0 saturated heterocycles. The molecule has 0 aliphatic carbocycles. The molecule has 0 unspecified atom stereocenters. The van der Waals surface area contributed by atoms with E-state index < -0.39 is 0 Å². The number of hydrogen-bond acceptors (Lipinski definition) is 1. The molecule has 14 heavy (non-hydrogen) atoms. The number of halogens is 1. The molecule has 2 heteroatoms. The Bertz CT molecular complexity index is 243. The van der Waals surface area contributed by atoms with Gasteiger partial charge in [0.05, 0.1) is 0 Å². The van der Waals surface area contributed by atoms with E-state index in [1.165, 1.54) is 43.4 Å². The van der Waals surface area contributed by atoms with E-state index in [0.717, 1.165) is 12.2 Å². The Kier molecular flexibility index (Phi) is 5.69. The molecule has 0 spiro atoms. The van der Waals surface area contributed by atoms with E-state index in [4.69, 9.17) is 0 Å². The minimum atomic E-state index is -0.149. The van der Waals surface area contributed by atoms with Gasteiger partial charge in [-0.2, -0.15) is 12.6 Å². The first-order chi connectivity index (χ1) is 6.83. The Balaban J connectivity index is 2.15. The third-order valence-corrected chi connectivity index (χ3v) is 2.60. The normalized spacial score (nSPS) is 10.4. The summed E-state index contributed by atoms with van der Waals surface area (Å²) in [6.45, 7) is 0. The Hall–Kier alpha value is -0.500. The van der Waals surface area contributed by atoms with Crippen LogP contribution in [0.5, 0.6) is 0 Å². The molecule has 0 fully saturated rings. The fourth-order valence-electron chi connectivity index (χ4n) is 1.45. The number of aryl methyl sites for hydroxylation is 1. The van der Waals surface area contributed by atoms with Crippen LogP contribution in [-0.2, 0) is 6.42 Å². The van der Waals surface area contributed by atoms with Crippen LogP contribution in [0, 0.1) is 5.82 Å². The van der Waals surface area contributed by atoms with E-state index in [0.29, 0.717) is 0 Å². The van der Waals surface area contributed by atoms with Gasteiger partial charge in [-0.25, -0.2) is 4.39 Å². The van der Waals surface area contributed by atoms with Crippen LogP contribution in [0.25, 0.3) is 0 Å². The van der Waals surface area contributed by atoms with E-state index in [1.807, 2.05) is 12.1 Å². The molecule has 0 bridgehead atoms. The molecule has 0 aliphatic rings. The maximum Gasteiger partial charge on any atom is 0.123 e. The van der Waals surface area contributed by atoms with E-state index in [9.17, 15) is 4.39 Å². The molecule has 0 aromatic heterocycles. The Morgan fingerprint density at radius 3 is 2.21 bits per heavy atom. The maximum absolute atomic E-state index is 12.6. The van der Waals surface area contributed by atoms with Crippen molar-refractivity contribution >= 4 is 12.6 Å². The molecule has 0 heterocycles. The number of benzene rings is 1. The van der Waals surface area contributed by atoms with Gasteiger partial charge in [0.15, 0.2) is 0 Å². The van der Waals surface area contributed by atoms with Gasteiger partial charge < -0.3 is 0 Å². The van der Waals surface area contributed by atoms with Gasteiger partial charge in [0.2, 0.25) is 0 Å². The predicted molar refractivity (Wildman–Crippen MR) is 62.4 cm³/mol. The van der Waals surface area contributed by atoms with Crippen molar-refractivity contribution in [1.29, 1.82) is 0 Å². The van der Waals surface area contributed by atoms with Crippen molar-refractivity contribution in [1.82, 2.24) is 0 Å². The summed E-state index contributed by atoms with van der Waals surface area (Å²) in [5.41, 5.74) is 1.23. The second-order valence-electron chi connectivity index (χ2n) is 3.51. The van der Waals surface area contributed by atoms with Gasteiger partial charge in [-0.3, -0.25) is 0 Å². The average Bonchev–Trinajstić information content (AvgIpc) is 2.21. The largest absolute Gasteiger partial charge is 0.207 e. The molecule has 0 aliphatic heterocycles. The second-order valence-corrected chi connectivity index (χ2v) is 3.96. The van der Waals surface area contributed by atoms with Crippen LogP contribution in [0.15, 0.2) is 24.3 Å². The van der Waals surface area contributed by atoms with Crippen molar-refractivity contribution in [3.63, 3.8) is 0 Å². The number of unbranched alkanes of at least 4 members (excludes halogenated alkanes) is 3. The predicted octanol–water partition coefficient (Wildman–Crippen LogP) is 3.86. The third kappa shape index (κ3) is 4.66. The molecule has 0 radical (unpaired) electrons. The summed E-state index contributed by atoms with van der Waals surface area (Å²) in [5.74, 6) is 0.833. The summed E-state index contributed by atoms with van der Waals surface area (Å²) < 4.78 is 12.6. The lowest BCUT2D eigenvalue weighted by atomic mass is 10.1. The van der Waals surface area contributed by atoms with E-state index in [2.05, 4.69) is 12.6 Å². The molecular weight excluding hydrogens is 195 g/mol. The molecule has 0 saturated carbocycles. The Morgan fingerprint density at radius 2 is 1.57 bits per heavy atom. The van der Waals surface area contributed by atoms with Crippen molar-refractivity contribution in [2.75, 3.05) is 5.75 Å². The van der Waals surface area contributed by atoms with Crippen molar-refractivity contribution in [2.45, 2.75) is 32.1 Å². The van der Waals surface area contributed by atoms with Gasteiger partial charge in [-0.15, -0.1) is 0 Å². The van der Waals surface area contributed by atoms with Crippen molar-refractivity contribution in [2.24, 2.45) is 0 Å². The molecule has 0 nitrogen and oxygen atoms in total. The van der Waals surface area contributed by atoms with Crippen LogP contribution in [0.3, 0.4) is 0 Å². The first-order valence-corrected chi connectivity index (χ1v) is 5.81. The number of hydrogen-bond donors (Lipinski definition) is 1. The zero-order valence-corrected chi connectivity index (χ0v) is 9.27. The lowest BCUT2D eigenvalue weighted by Gasteiger charge is -2.01. The van der Waals surface area contributed by atoms with Gasteiger partial charge in [0, 0.05) is 0 Å². The lowest BCUT2D eigenvalue weighted by Crippen LogP contribution is -1.86. The first kappa shape index (κ1) is 11.6. The van der Waals surface area contributed by atoms with Gasteiger partial charge in [-0.1, -0.05) is 25.0 Å². The van der Waals surface area contributed by atoms with Crippen LogP contribution in [0.4, 0.5) is 4.39 Å². The molecule has 0 amide bonds. The van der Waals surface area contributed by atoms with Gasteiger partial charge in [-0.05, 0) is 42.7 Å². The van der Waals surface area contributed by atoms with Crippen LogP contribution >= 0.6 is 12.6 Å². The topological polar surface area (TPSA) is 0 Å². The van der Waals surface area contributed by atoms with Crippen LogP contribution < -0.4 is 0 Å². The summed E-state index contributed by atoms with van der Waals surface area (Å²) in [6.07, 6.45) is 5.96. The Labute approximate surface area is 90.9 Å². The molecule has 1 aromatic rings. The third-order valence-electron chi connectivity index (χ3n) is 2.29. The van der Waals surface area contributed by atoms with Crippen molar-refractivity contribution in [3.8, 4) is 0 Å². The Morgan fingerprint density at radius 1 is 0.929 bits per heavy atom. The summed E-state index contributed by atoms with van der Waals surface area (Å²) >= 11 is 4.16. The summed E-state index contributed by atoms with van der Waals surface area (Å²) in [5, 5.41) is 0. The first-order valence-electron chi connectivity index (χ1n) is 5.18. The summed E-state index contributed by atoms with van der Waals surface area (Å²) in [7, 11) is 0. The summed E-state index contributed by atoms with van der Waals surface area (Å²) in [4.78, 5) is 0. The van der Waals surface area contributed by atoms with Crippen LogP contribution in [0.1, 0.15) is 31.2 Å². The number of thiol groups is 1. The van der Waals surface area contributed by atoms with Gasteiger partial charge in [0.1, 0.15) is 5.82 Å².